The third-order valence-corrected chi connectivity index (χ3v) is 2.97. The zero-order valence-corrected chi connectivity index (χ0v) is 11.0. The van der Waals surface area contributed by atoms with E-state index < -0.39 is 0 Å². The molecule has 0 saturated heterocycles. The summed E-state index contributed by atoms with van der Waals surface area (Å²) in [7, 11) is 0. The van der Waals surface area contributed by atoms with Gasteiger partial charge in [-0.1, -0.05) is 44.2 Å². The molecule has 0 saturated carbocycles. The predicted octanol–water partition coefficient (Wildman–Crippen LogP) is 2.49. The first-order valence-electron chi connectivity index (χ1n) is 6.26. The monoisotopic (exact) mass is 244 g/mol. The molecule has 1 N–H and O–H groups in total. The Morgan fingerprint density at radius 3 is 2.56 bits per heavy atom. The molecule has 1 heterocycles. The van der Waals surface area contributed by atoms with Crippen LogP contribution in [0.5, 0.6) is 0 Å². The Labute approximate surface area is 108 Å². The minimum absolute atomic E-state index is 0.105. The summed E-state index contributed by atoms with van der Waals surface area (Å²) in [4.78, 5) is 0. The molecule has 0 aliphatic heterocycles. The summed E-state index contributed by atoms with van der Waals surface area (Å²) in [6, 6.07) is 12.3. The minimum Gasteiger partial charge on any atom is -0.396 e. The summed E-state index contributed by atoms with van der Waals surface area (Å²) in [6.45, 7) is 5.06. The van der Waals surface area contributed by atoms with Crippen molar-refractivity contribution in [3.63, 3.8) is 0 Å². The average Bonchev–Trinajstić information content (AvgIpc) is 2.77. The van der Waals surface area contributed by atoms with Crippen molar-refractivity contribution in [3.05, 3.63) is 53.9 Å². The highest BCUT2D eigenvalue weighted by atomic mass is 16.3. The van der Waals surface area contributed by atoms with Crippen molar-refractivity contribution in [2.24, 2.45) is 5.41 Å². The number of nitrogens with zero attached hydrogens (tertiary/aromatic N) is 2. The maximum Gasteiger partial charge on any atom is 0.0659 e. The molecule has 0 fully saturated rings. The molecule has 0 spiro atoms. The topological polar surface area (TPSA) is 38.0 Å². The molecule has 0 atom stereocenters. The molecule has 0 aliphatic rings. The molecule has 0 aliphatic carbocycles. The first kappa shape index (κ1) is 12.8. The largest absolute Gasteiger partial charge is 0.396 e. The smallest absolute Gasteiger partial charge is 0.0659 e. The van der Waals surface area contributed by atoms with E-state index in [4.69, 9.17) is 0 Å². The van der Waals surface area contributed by atoms with Gasteiger partial charge in [-0.2, -0.15) is 5.10 Å². The third-order valence-electron chi connectivity index (χ3n) is 2.97. The first-order valence-corrected chi connectivity index (χ1v) is 6.26. The van der Waals surface area contributed by atoms with Gasteiger partial charge in [-0.15, -0.1) is 0 Å². The van der Waals surface area contributed by atoms with Crippen LogP contribution in [0.1, 0.15) is 25.1 Å². The second-order valence-corrected chi connectivity index (χ2v) is 5.49. The van der Waals surface area contributed by atoms with Crippen LogP contribution < -0.4 is 0 Å². The van der Waals surface area contributed by atoms with E-state index in [2.05, 4.69) is 17.2 Å². The van der Waals surface area contributed by atoms with E-state index in [1.54, 1.807) is 0 Å². The minimum atomic E-state index is -0.105. The van der Waals surface area contributed by atoms with Gasteiger partial charge < -0.3 is 5.11 Å². The normalized spacial score (nSPS) is 11.7. The van der Waals surface area contributed by atoms with Crippen LogP contribution in [-0.4, -0.2) is 21.5 Å². The molecule has 0 bridgehead atoms. The van der Waals surface area contributed by atoms with Gasteiger partial charge in [-0.25, -0.2) is 0 Å². The van der Waals surface area contributed by atoms with Crippen LogP contribution in [0.2, 0.25) is 0 Å². The van der Waals surface area contributed by atoms with Crippen LogP contribution in [0.3, 0.4) is 0 Å². The fourth-order valence-electron chi connectivity index (χ4n) is 1.90. The van der Waals surface area contributed by atoms with Crippen molar-refractivity contribution in [1.82, 2.24) is 9.78 Å². The van der Waals surface area contributed by atoms with E-state index in [1.807, 2.05) is 49.0 Å². The van der Waals surface area contributed by atoms with E-state index >= 15 is 0 Å². The highest BCUT2D eigenvalue weighted by molar-refractivity contribution is 5.15. The van der Waals surface area contributed by atoms with Gasteiger partial charge in [0.05, 0.1) is 12.2 Å². The summed E-state index contributed by atoms with van der Waals surface area (Å²) in [5.74, 6) is 0. The van der Waals surface area contributed by atoms with E-state index in [0.717, 1.165) is 18.7 Å². The fourth-order valence-corrected chi connectivity index (χ4v) is 1.90. The molecule has 18 heavy (non-hydrogen) atoms. The summed E-state index contributed by atoms with van der Waals surface area (Å²) in [5.41, 5.74) is 2.17. The van der Waals surface area contributed by atoms with Crippen molar-refractivity contribution >= 4 is 0 Å². The number of rotatable bonds is 5. The zero-order chi connectivity index (χ0) is 13.0. The Kier molecular flexibility index (Phi) is 3.82. The van der Waals surface area contributed by atoms with Crippen LogP contribution in [-0.2, 0) is 13.0 Å². The molecular weight excluding hydrogens is 224 g/mol. The molecule has 3 heteroatoms. The van der Waals surface area contributed by atoms with Crippen molar-refractivity contribution in [2.45, 2.75) is 26.8 Å². The SMILES string of the molecule is CC(C)(CO)Cc1ccn(Cc2ccccc2)n1. The summed E-state index contributed by atoms with van der Waals surface area (Å²) < 4.78 is 1.94. The van der Waals surface area contributed by atoms with Crippen LogP contribution in [0.25, 0.3) is 0 Å². The number of aliphatic hydroxyl groups excluding tert-OH is 1. The lowest BCUT2D eigenvalue weighted by Gasteiger charge is -2.19. The summed E-state index contributed by atoms with van der Waals surface area (Å²) in [6.07, 6.45) is 2.79. The van der Waals surface area contributed by atoms with Crippen molar-refractivity contribution in [2.75, 3.05) is 6.61 Å². The molecule has 0 amide bonds. The number of aromatic nitrogens is 2. The van der Waals surface area contributed by atoms with E-state index in [0.29, 0.717) is 0 Å². The average molecular weight is 244 g/mol. The highest BCUT2D eigenvalue weighted by Gasteiger charge is 2.18. The third kappa shape index (κ3) is 3.44. The Bertz CT molecular complexity index is 488. The maximum absolute atomic E-state index is 9.26. The van der Waals surface area contributed by atoms with Gasteiger partial charge in [0, 0.05) is 12.8 Å². The van der Waals surface area contributed by atoms with Crippen LogP contribution in [0.15, 0.2) is 42.6 Å². The standard InChI is InChI=1S/C15H20N2O/c1-15(2,12-18)10-14-8-9-17(16-14)11-13-6-4-3-5-7-13/h3-9,18H,10-12H2,1-2H3. The van der Waals surface area contributed by atoms with Crippen LogP contribution in [0, 0.1) is 5.41 Å². The molecule has 0 unspecified atom stereocenters. The lowest BCUT2D eigenvalue weighted by atomic mass is 9.89. The molecule has 2 rings (SSSR count). The summed E-state index contributed by atoms with van der Waals surface area (Å²) in [5, 5.41) is 13.8. The predicted molar refractivity (Wildman–Crippen MR) is 72.3 cm³/mol. The van der Waals surface area contributed by atoms with Crippen molar-refractivity contribution in [1.29, 1.82) is 0 Å². The van der Waals surface area contributed by atoms with E-state index in [1.165, 1.54) is 5.56 Å². The number of aliphatic hydroxyl groups is 1. The quantitative estimate of drug-likeness (QED) is 0.877. The van der Waals surface area contributed by atoms with Gasteiger partial charge in [0.2, 0.25) is 0 Å². The number of benzene rings is 1. The Morgan fingerprint density at radius 1 is 1.17 bits per heavy atom. The number of hydrogen-bond acceptors (Lipinski definition) is 2. The van der Waals surface area contributed by atoms with Gasteiger partial charge in [0.1, 0.15) is 0 Å². The molecule has 2 aromatic rings. The van der Waals surface area contributed by atoms with Crippen LogP contribution >= 0.6 is 0 Å². The molecule has 1 aromatic carbocycles. The van der Waals surface area contributed by atoms with Gasteiger partial charge >= 0.3 is 0 Å². The van der Waals surface area contributed by atoms with Crippen molar-refractivity contribution in [3.8, 4) is 0 Å². The molecule has 96 valence electrons. The van der Waals surface area contributed by atoms with Gasteiger partial charge in [0.25, 0.3) is 0 Å². The zero-order valence-electron chi connectivity index (χ0n) is 11.0. The van der Waals surface area contributed by atoms with E-state index in [9.17, 15) is 5.11 Å². The van der Waals surface area contributed by atoms with Crippen molar-refractivity contribution < 1.29 is 5.11 Å². The second kappa shape index (κ2) is 5.36. The Morgan fingerprint density at radius 2 is 1.89 bits per heavy atom. The molecule has 1 aromatic heterocycles. The van der Waals surface area contributed by atoms with Gasteiger partial charge in [-0.05, 0) is 23.5 Å². The molecule has 3 nitrogen and oxygen atoms in total. The molecule has 0 radical (unpaired) electrons. The lowest BCUT2D eigenvalue weighted by Crippen LogP contribution is -2.20. The second-order valence-electron chi connectivity index (χ2n) is 5.49. The Balaban J connectivity index is 2.03. The Hall–Kier alpha value is -1.61. The molecular formula is C15H20N2O. The van der Waals surface area contributed by atoms with E-state index in [-0.39, 0.29) is 12.0 Å². The maximum atomic E-state index is 9.26. The fraction of sp³-hybridized carbons (Fsp3) is 0.400. The number of hydrogen-bond donors (Lipinski definition) is 1. The highest BCUT2D eigenvalue weighted by Crippen LogP contribution is 2.19. The lowest BCUT2D eigenvalue weighted by molar-refractivity contribution is 0.158. The van der Waals surface area contributed by atoms with Gasteiger partial charge in [-0.3, -0.25) is 4.68 Å². The van der Waals surface area contributed by atoms with Crippen LogP contribution in [0.4, 0.5) is 0 Å². The van der Waals surface area contributed by atoms with Gasteiger partial charge in [0.15, 0.2) is 0 Å². The first-order chi connectivity index (χ1) is 8.59. The summed E-state index contributed by atoms with van der Waals surface area (Å²) >= 11 is 0.